The molecule has 0 unspecified atom stereocenters. The van der Waals surface area contributed by atoms with Gasteiger partial charge >= 0.3 is 5.97 Å². The van der Waals surface area contributed by atoms with Gasteiger partial charge in [-0.25, -0.2) is 4.79 Å². The van der Waals surface area contributed by atoms with E-state index in [2.05, 4.69) is 15.9 Å². The molecule has 124 valence electrons. The Morgan fingerprint density at radius 1 is 1.35 bits per heavy atom. The summed E-state index contributed by atoms with van der Waals surface area (Å²) < 4.78 is 14.3. The van der Waals surface area contributed by atoms with E-state index in [1.165, 1.54) is 12.8 Å². The highest BCUT2D eigenvalue weighted by atomic mass is 79.9. The van der Waals surface area contributed by atoms with E-state index in [-0.39, 0.29) is 12.1 Å². The first-order valence-corrected chi connectivity index (χ1v) is 8.94. The van der Waals surface area contributed by atoms with Crippen LogP contribution >= 0.6 is 15.9 Å². The van der Waals surface area contributed by atoms with Crippen molar-refractivity contribution in [2.45, 2.75) is 45.6 Å². The highest BCUT2D eigenvalue weighted by molar-refractivity contribution is 9.10. The molecule has 1 aromatic carbocycles. The van der Waals surface area contributed by atoms with Crippen LogP contribution in [0.1, 0.15) is 48.7 Å². The van der Waals surface area contributed by atoms with Crippen molar-refractivity contribution in [2.24, 2.45) is 7.05 Å². The molecular formula is C18H22BrNO3. The summed E-state index contributed by atoms with van der Waals surface area (Å²) in [4.78, 5) is 12.3. The first kappa shape index (κ1) is 16.4. The first-order chi connectivity index (χ1) is 11.0. The number of nitrogens with zero attached hydrogens (tertiary/aromatic N) is 1. The van der Waals surface area contributed by atoms with Crippen molar-refractivity contribution in [2.75, 3.05) is 6.61 Å². The molecule has 0 N–H and O–H groups in total. The van der Waals surface area contributed by atoms with Crippen molar-refractivity contribution >= 4 is 32.8 Å². The molecule has 1 fully saturated rings. The second-order valence-electron chi connectivity index (χ2n) is 6.06. The quantitative estimate of drug-likeness (QED) is 0.719. The molecule has 0 aliphatic heterocycles. The first-order valence-electron chi connectivity index (χ1n) is 8.15. The average Bonchev–Trinajstić information content (AvgIpc) is 3.09. The summed E-state index contributed by atoms with van der Waals surface area (Å²) in [7, 11) is 1.96. The Morgan fingerprint density at radius 2 is 2.04 bits per heavy atom. The van der Waals surface area contributed by atoms with Crippen LogP contribution in [0.25, 0.3) is 10.9 Å². The van der Waals surface area contributed by atoms with Crippen LogP contribution in [0.3, 0.4) is 0 Å². The lowest BCUT2D eigenvalue weighted by molar-refractivity contribution is 0.0527. The molecule has 1 aliphatic carbocycles. The molecular weight excluding hydrogens is 358 g/mol. The number of ether oxygens (including phenoxy) is 2. The van der Waals surface area contributed by atoms with E-state index in [4.69, 9.17) is 9.47 Å². The predicted molar refractivity (Wildman–Crippen MR) is 94.2 cm³/mol. The van der Waals surface area contributed by atoms with Gasteiger partial charge in [0.2, 0.25) is 0 Å². The summed E-state index contributed by atoms with van der Waals surface area (Å²) >= 11 is 3.61. The van der Waals surface area contributed by atoms with Crippen LogP contribution in [0.2, 0.25) is 0 Å². The fourth-order valence-corrected chi connectivity index (χ4v) is 3.73. The second-order valence-corrected chi connectivity index (χ2v) is 6.92. The number of benzene rings is 1. The molecule has 0 radical (unpaired) electrons. The van der Waals surface area contributed by atoms with E-state index in [1.54, 1.807) is 0 Å². The lowest BCUT2D eigenvalue weighted by atomic mass is 10.1. The van der Waals surface area contributed by atoms with Crippen LogP contribution in [0.5, 0.6) is 5.75 Å². The van der Waals surface area contributed by atoms with E-state index in [1.807, 2.05) is 37.6 Å². The Morgan fingerprint density at radius 3 is 2.70 bits per heavy atom. The molecule has 0 spiro atoms. The number of carbonyl (C=O) groups is 1. The van der Waals surface area contributed by atoms with Gasteiger partial charge in [0.25, 0.3) is 0 Å². The molecule has 2 aromatic rings. The number of aryl methyl sites for hydroxylation is 1. The van der Waals surface area contributed by atoms with Gasteiger partial charge < -0.3 is 14.0 Å². The Hall–Kier alpha value is -1.49. The summed E-state index contributed by atoms with van der Waals surface area (Å²) in [6, 6.07) is 3.99. The predicted octanol–water partition coefficient (Wildman–Crippen LogP) is 4.75. The van der Waals surface area contributed by atoms with Crippen molar-refractivity contribution in [3.63, 3.8) is 0 Å². The normalized spacial score (nSPS) is 15.3. The van der Waals surface area contributed by atoms with E-state index in [9.17, 15) is 4.79 Å². The van der Waals surface area contributed by atoms with Gasteiger partial charge in [0.05, 0.1) is 28.3 Å². The fraction of sp³-hybridized carbons (Fsp3) is 0.500. The van der Waals surface area contributed by atoms with Crippen LogP contribution in [0.4, 0.5) is 0 Å². The topological polar surface area (TPSA) is 40.5 Å². The Balaban J connectivity index is 2.08. The summed E-state index contributed by atoms with van der Waals surface area (Å²) in [6.07, 6.45) is 4.93. The minimum absolute atomic E-state index is 0.273. The number of esters is 1. The van der Waals surface area contributed by atoms with E-state index in [0.29, 0.717) is 12.2 Å². The number of hydrogen-bond acceptors (Lipinski definition) is 3. The molecule has 0 atom stereocenters. The van der Waals surface area contributed by atoms with Gasteiger partial charge in [-0.15, -0.1) is 0 Å². The van der Waals surface area contributed by atoms with E-state index < -0.39 is 0 Å². The number of aromatic nitrogens is 1. The molecule has 1 saturated carbocycles. The average molecular weight is 380 g/mol. The monoisotopic (exact) mass is 379 g/mol. The highest BCUT2D eigenvalue weighted by Crippen LogP contribution is 2.36. The third-order valence-electron chi connectivity index (χ3n) is 4.62. The molecule has 1 heterocycles. The van der Waals surface area contributed by atoms with Gasteiger partial charge in [-0.2, -0.15) is 0 Å². The van der Waals surface area contributed by atoms with Gasteiger partial charge in [0, 0.05) is 18.1 Å². The van der Waals surface area contributed by atoms with Crippen LogP contribution in [-0.4, -0.2) is 23.2 Å². The van der Waals surface area contributed by atoms with Gasteiger partial charge in [-0.1, -0.05) is 0 Å². The number of carbonyl (C=O) groups excluding carboxylic acids is 1. The lowest BCUT2D eigenvalue weighted by Crippen LogP contribution is -2.11. The highest BCUT2D eigenvalue weighted by Gasteiger charge is 2.23. The Kier molecular flexibility index (Phi) is 4.67. The number of hydrogen-bond donors (Lipinski definition) is 0. The zero-order valence-corrected chi connectivity index (χ0v) is 15.4. The zero-order valence-electron chi connectivity index (χ0n) is 13.8. The minimum Gasteiger partial charge on any atom is -0.489 e. The van der Waals surface area contributed by atoms with E-state index >= 15 is 0 Å². The third-order valence-corrected chi connectivity index (χ3v) is 5.24. The lowest BCUT2D eigenvalue weighted by Gasteiger charge is -2.15. The van der Waals surface area contributed by atoms with Crippen LogP contribution in [-0.2, 0) is 11.8 Å². The molecule has 0 saturated heterocycles. The summed E-state index contributed by atoms with van der Waals surface area (Å²) in [6.45, 7) is 4.14. The van der Waals surface area contributed by atoms with Crippen LogP contribution < -0.4 is 4.74 Å². The molecule has 5 heteroatoms. The van der Waals surface area contributed by atoms with Crippen LogP contribution in [0, 0.1) is 6.92 Å². The van der Waals surface area contributed by atoms with Crippen molar-refractivity contribution in [3.8, 4) is 5.75 Å². The molecule has 23 heavy (non-hydrogen) atoms. The smallest absolute Gasteiger partial charge is 0.340 e. The van der Waals surface area contributed by atoms with Gasteiger partial charge in [0.1, 0.15) is 5.75 Å². The molecule has 0 bridgehead atoms. The van der Waals surface area contributed by atoms with Gasteiger partial charge in [-0.05, 0) is 67.6 Å². The van der Waals surface area contributed by atoms with Crippen molar-refractivity contribution in [1.29, 1.82) is 0 Å². The fourth-order valence-electron chi connectivity index (χ4n) is 3.30. The number of halogens is 1. The molecule has 0 amide bonds. The SMILES string of the molecule is CCOC(=O)c1c(C)n(C)c2cc(Br)c(OC3CCCC3)cc12. The van der Waals surface area contributed by atoms with Gasteiger partial charge in [-0.3, -0.25) is 0 Å². The Labute approximate surface area is 144 Å². The minimum atomic E-state index is -0.273. The molecule has 3 rings (SSSR count). The van der Waals surface area contributed by atoms with Gasteiger partial charge in [0.15, 0.2) is 0 Å². The van der Waals surface area contributed by atoms with Crippen molar-refractivity contribution < 1.29 is 14.3 Å². The summed E-state index contributed by atoms with van der Waals surface area (Å²) in [5.41, 5.74) is 2.53. The number of rotatable bonds is 4. The molecule has 4 nitrogen and oxygen atoms in total. The largest absolute Gasteiger partial charge is 0.489 e. The third kappa shape index (κ3) is 2.99. The summed E-state index contributed by atoms with van der Waals surface area (Å²) in [5.74, 6) is 0.533. The molecule has 1 aromatic heterocycles. The van der Waals surface area contributed by atoms with Crippen LogP contribution in [0.15, 0.2) is 16.6 Å². The number of fused-ring (bicyclic) bond motifs is 1. The maximum absolute atomic E-state index is 12.3. The summed E-state index contributed by atoms with van der Waals surface area (Å²) in [5, 5.41) is 0.889. The van der Waals surface area contributed by atoms with Crippen molar-refractivity contribution in [3.05, 3.63) is 27.9 Å². The van der Waals surface area contributed by atoms with Crippen molar-refractivity contribution in [1.82, 2.24) is 4.57 Å². The molecule has 1 aliphatic rings. The maximum atomic E-state index is 12.3. The van der Waals surface area contributed by atoms with E-state index in [0.717, 1.165) is 39.7 Å². The maximum Gasteiger partial charge on any atom is 0.340 e. The standard InChI is InChI=1S/C18H22BrNO3/c1-4-22-18(21)17-11(2)20(3)15-10-14(19)16(9-13(15)17)23-12-7-5-6-8-12/h9-10,12H,4-8H2,1-3H3. The second kappa shape index (κ2) is 6.56. The Bertz CT molecular complexity index is 745. The zero-order chi connectivity index (χ0) is 16.6.